The van der Waals surface area contributed by atoms with E-state index < -0.39 is 22.2 Å². The van der Waals surface area contributed by atoms with Crippen LogP contribution in [0.1, 0.15) is 47.4 Å². The number of fused-ring (bicyclic) bond motifs is 1. The molecule has 1 fully saturated rings. The van der Waals surface area contributed by atoms with Crippen molar-refractivity contribution < 1.29 is 32.1 Å². The Labute approximate surface area is 285 Å². The molecule has 3 aromatic carbocycles. The average molecular weight is 678 g/mol. The minimum Gasteiger partial charge on any atom is -0.490 e. The van der Waals surface area contributed by atoms with Crippen molar-refractivity contribution in [2.75, 3.05) is 65.2 Å². The molecule has 0 saturated carbocycles. The molecule has 3 aromatic rings. The van der Waals surface area contributed by atoms with Gasteiger partial charge >= 0.3 is 0 Å². The van der Waals surface area contributed by atoms with E-state index in [4.69, 9.17) is 23.7 Å². The van der Waals surface area contributed by atoms with Crippen molar-refractivity contribution in [3.05, 3.63) is 89.0 Å². The fourth-order valence-electron chi connectivity index (χ4n) is 6.40. The van der Waals surface area contributed by atoms with Crippen molar-refractivity contribution in [3.8, 4) is 11.8 Å². The monoisotopic (exact) mass is 677 g/mol. The predicted octanol–water partition coefficient (Wildman–Crippen LogP) is 5.44. The summed E-state index contributed by atoms with van der Waals surface area (Å²) < 4.78 is 58.2. The highest BCUT2D eigenvalue weighted by atomic mass is 32.2. The molecule has 0 amide bonds. The van der Waals surface area contributed by atoms with E-state index in [1.807, 2.05) is 31.2 Å². The fraction of sp³-hybridized carbons (Fsp3) is 0.486. The lowest BCUT2D eigenvalue weighted by molar-refractivity contribution is -0.0192. The molecule has 0 unspecified atom stereocenters. The average Bonchev–Trinajstić information content (AvgIpc) is 3.10. The van der Waals surface area contributed by atoms with Crippen molar-refractivity contribution >= 4 is 15.7 Å². The van der Waals surface area contributed by atoms with E-state index in [0.717, 1.165) is 53.2 Å². The number of hydrogen-bond donors (Lipinski definition) is 0. The summed E-state index contributed by atoms with van der Waals surface area (Å²) in [6.45, 7) is 6.85. The Hall–Kier alpha value is -3.50. The third-order valence-corrected chi connectivity index (χ3v) is 11.0. The second-order valence-electron chi connectivity index (χ2n) is 12.4. The lowest BCUT2D eigenvalue weighted by atomic mass is 9.83. The van der Waals surface area contributed by atoms with Gasteiger partial charge in [0.05, 0.1) is 62.1 Å². The normalized spacial score (nSPS) is 19.8. The summed E-state index contributed by atoms with van der Waals surface area (Å²) in [7, 11) is -0.524. The van der Waals surface area contributed by atoms with Gasteiger partial charge in [0.15, 0.2) is 0 Å². The van der Waals surface area contributed by atoms with Crippen LogP contribution >= 0.6 is 0 Å². The summed E-state index contributed by atoms with van der Waals surface area (Å²) in [5, 5.41) is 9.78. The lowest BCUT2D eigenvalue weighted by Crippen LogP contribution is -2.52. The number of piperidine rings is 1. The quantitative estimate of drug-likeness (QED) is 0.183. The summed E-state index contributed by atoms with van der Waals surface area (Å²) in [4.78, 5) is 2.53. The van der Waals surface area contributed by atoms with E-state index in [2.05, 4.69) is 29.2 Å². The van der Waals surface area contributed by atoms with Crippen LogP contribution in [0.25, 0.3) is 0 Å². The number of rotatable bonds is 16. The van der Waals surface area contributed by atoms with Gasteiger partial charge in [0, 0.05) is 45.9 Å². The van der Waals surface area contributed by atoms with Gasteiger partial charge in [-0.25, -0.2) is 8.42 Å². The highest BCUT2D eigenvalue weighted by molar-refractivity contribution is 7.89. The zero-order chi connectivity index (χ0) is 33.9. The Bertz CT molecular complexity index is 1610. The molecule has 0 bridgehead atoms. The van der Waals surface area contributed by atoms with E-state index in [1.54, 1.807) is 38.5 Å². The second kappa shape index (κ2) is 17.2. The smallest absolute Gasteiger partial charge is 0.243 e. The van der Waals surface area contributed by atoms with Crippen LogP contribution in [-0.4, -0.2) is 85.2 Å². The Kier molecular flexibility index (Phi) is 12.9. The number of sulfonamides is 1. The summed E-state index contributed by atoms with van der Waals surface area (Å²) in [5.41, 5.74) is 5.05. The second-order valence-corrected chi connectivity index (χ2v) is 14.3. The molecule has 2 aliphatic rings. The summed E-state index contributed by atoms with van der Waals surface area (Å²) in [6, 6.07) is 22.9. The van der Waals surface area contributed by atoms with Crippen molar-refractivity contribution in [3.63, 3.8) is 0 Å². The molecular weight excluding hydrogens is 630 g/mol. The van der Waals surface area contributed by atoms with Crippen LogP contribution in [0.3, 0.4) is 0 Å². The minimum absolute atomic E-state index is 0.0868. The summed E-state index contributed by atoms with van der Waals surface area (Å²) >= 11 is 0. The molecule has 5 rings (SSSR count). The number of benzene rings is 3. The van der Waals surface area contributed by atoms with Crippen LogP contribution < -0.4 is 9.64 Å². The van der Waals surface area contributed by atoms with Crippen LogP contribution in [0.2, 0.25) is 0 Å². The van der Waals surface area contributed by atoms with E-state index in [-0.39, 0.29) is 23.8 Å². The summed E-state index contributed by atoms with van der Waals surface area (Å²) in [6.07, 6.45) is 1.00. The molecule has 3 atom stereocenters. The number of anilines is 1. The van der Waals surface area contributed by atoms with E-state index in [9.17, 15) is 13.7 Å². The SMILES string of the molecule is COCCCN1CCOc2ccc(CO[C@H]3CN(S(=O)(=O)c4ccc(C)cc4)[C@H](CC#N)C[C@@H]3c3ccc(COCCOC)cc3)cc21. The topological polar surface area (TPSA) is 111 Å². The Balaban J connectivity index is 1.40. The number of ether oxygens (including phenoxy) is 5. The number of nitrogens with zero attached hydrogens (tertiary/aromatic N) is 3. The molecule has 0 spiro atoms. The molecule has 0 radical (unpaired) electrons. The maximum atomic E-state index is 14.1. The molecule has 0 aromatic heterocycles. The van der Waals surface area contributed by atoms with E-state index in [1.165, 1.54) is 4.31 Å². The molecule has 0 aliphatic carbocycles. The first-order valence-corrected chi connectivity index (χ1v) is 18.0. The first kappa shape index (κ1) is 35.8. The third kappa shape index (κ3) is 8.94. The van der Waals surface area contributed by atoms with Gasteiger partial charge in [0.2, 0.25) is 10.0 Å². The van der Waals surface area contributed by atoms with E-state index >= 15 is 0 Å². The molecule has 2 aliphatic heterocycles. The maximum Gasteiger partial charge on any atom is 0.243 e. The van der Waals surface area contributed by atoms with Gasteiger partial charge in [-0.3, -0.25) is 0 Å². The predicted molar refractivity (Wildman–Crippen MR) is 184 cm³/mol. The maximum absolute atomic E-state index is 14.1. The van der Waals surface area contributed by atoms with Gasteiger partial charge in [0.1, 0.15) is 12.4 Å². The largest absolute Gasteiger partial charge is 0.490 e. The zero-order valence-corrected chi connectivity index (χ0v) is 29.0. The van der Waals surface area contributed by atoms with Gasteiger partial charge in [-0.1, -0.05) is 48.0 Å². The first-order chi connectivity index (χ1) is 23.3. The number of methoxy groups -OCH3 is 2. The standard InChI is InChI=1S/C37H47N3O7S/c1-28-5-12-33(13-6-28)48(41,42)40-25-37(47-27-30-9-14-36-35(23-30)39(18-20-46-36)17-4-19-43-2)34(24-32(40)15-16-38)31-10-7-29(8-11-31)26-45-22-21-44-3/h5-14,23,32,34,37H,4,15,17-22,24-27H2,1-3H3/t32-,34-,37+/m1/s1. The van der Waals surface area contributed by atoms with Gasteiger partial charge < -0.3 is 28.6 Å². The third-order valence-electron chi connectivity index (χ3n) is 9.03. The minimum atomic E-state index is -3.88. The number of aryl methyl sites for hydroxylation is 1. The van der Waals surface area contributed by atoms with Gasteiger partial charge in [-0.05, 0) is 60.7 Å². The van der Waals surface area contributed by atoms with Crippen molar-refractivity contribution in [2.45, 2.75) is 62.4 Å². The molecule has 48 heavy (non-hydrogen) atoms. The molecule has 1 saturated heterocycles. The van der Waals surface area contributed by atoms with Crippen LogP contribution in [-0.2, 0) is 42.2 Å². The molecule has 11 heteroatoms. The zero-order valence-electron chi connectivity index (χ0n) is 28.2. The van der Waals surface area contributed by atoms with Crippen molar-refractivity contribution in [2.24, 2.45) is 0 Å². The van der Waals surface area contributed by atoms with E-state index in [0.29, 0.717) is 46.1 Å². The molecule has 2 heterocycles. The first-order valence-electron chi connectivity index (χ1n) is 16.6. The lowest BCUT2D eigenvalue weighted by Gasteiger charge is -2.42. The van der Waals surface area contributed by atoms with Crippen LogP contribution in [0.4, 0.5) is 5.69 Å². The molecular formula is C37H47N3O7S. The van der Waals surface area contributed by atoms with Crippen molar-refractivity contribution in [1.82, 2.24) is 4.31 Å². The highest BCUT2D eigenvalue weighted by Crippen LogP contribution is 2.39. The molecule has 10 nitrogen and oxygen atoms in total. The highest BCUT2D eigenvalue weighted by Gasteiger charge is 2.43. The van der Waals surface area contributed by atoms with Gasteiger partial charge in [-0.2, -0.15) is 9.57 Å². The molecule has 258 valence electrons. The number of hydrogen-bond acceptors (Lipinski definition) is 9. The van der Waals surface area contributed by atoms with Crippen LogP contribution in [0.15, 0.2) is 71.6 Å². The Morgan fingerprint density at radius 1 is 0.938 bits per heavy atom. The molecule has 0 N–H and O–H groups in total. The number of nitriles is 1. The van der Waals surface area contributed by atoms with Crippen LogP contribution in [0, 0.1) is 18.3 Å². The van der Waals surface area contributed by atoms with Gasteiger partial charge in [-0.15, -0.1) is 0 Å². The fourth-order valence-corrected chi connectivity index (χ4v) is 8.05. The Morgan fingerprint density at radius 2 is 1.69 bits per heavy atom. The van der Waals surface area contributed by atoms with Crippen LogP contribution in [0.5, 0.6) is 5.75 Å². The summed E-state index contributed by atoms with van der Waals surface area (Å²) in [5.74, 6) is 0.724. The Morgan fingerprint density at radius 3 is 2.42 bits per heavy atom. The van der Waals surface area contributed by atoms with Gasteiger partial charge in [0.25, 0.3) is 0 Å². The van der Waals surface area contributed by atoms with Crippen molar-refractivity contribution in [1.29, 1.82) is 5.26 Å².